The lowest BCUT2D eigenvalue weighted by atomic mass is 10.1. The van der Waals surface area contributed by atoms with E-state index in [0.29, 0.717) is 17.8 Å². The molecule has 27 heavy (non-hydrogen) atoms. The van der Waals surface area contributed by atoms with Gasteiger partial charge in [-0.3, -0.25) is 19.4 Å². The third kappa shape index (κ3) is 5.70. The van der Waals surface area contributed by atoms with E-state index in [0.717, 1.165) is 38.3 Å². The monoisotopic (exact) mass is 369 g/mol. The molecule has 0 atom stereocenters. The van der Waals surface area contributed by atoms with Gasteiger partial charge in [-0.2, -0.15) is 0 Å². The molecule has 0 aromatic heterocycles. The highest BCUT2D eigenvalue weighted by atomic mass is 19.1. The van der Waals surface area contributed by atoms with Crippen LogP contribution in [0.1, 0.15) is 22.8 Å². The van der Waals surface area contributed by atoms with E-state index in [9.17, 15) is 14.0 Å². The van der Waals surface area contributed by atoms with Gasteiger partial charge in [0.2, 0.25) is 5.91 Å². The Morgan fingerprint density at radius 3 is 2.33 bits per heavy atom. The summed E-state index contributed by atoms with van der Waals surface area (Å²) < 4.78 is 13.0. The van der Waals surface area contributed by atoms with Gasteiger partial charge in [0.1, 0.15) is 5.82 Å². The first kappa shape index (κ1) is 19.2. The number of carbonyl (C=O) groups is 2. The standard InChI is InChI=1S/C21H24FN3O2/c1-16(26)18-3-2-4-20(13-18)23-21(27)15-25-11-9-24(10-12-25)14-17-5-7-19(22)8-6-17/h2-8,13H,9-12,14-15H2,1H3,(H,23,27). The second-order valence-electron chi connectivity index (χ2n) is 6.86. The molecule has 1 N–H and O–H groups in total. The van der Waals surface area contributed by atoms with Gasteiger partial charge in [0.25, 0.3) is 0 Å². The van der Waals surface area contributed by atoms with Crippen molar-refractivity contribution in [1.82, 2.24) is 9.80 Å². The number of hydrogen-bond donors (Lipinski definition) is 1. The van der Waals surface area contributed by atoms with Crippen LogP contribution in [0.15, 0.2) is 48.5 Å². The Balaban J connectivity index is 1.44. The van der Waals surface area contributed by atoms with Crippen molar-refractivity contribution < 1.29 is 14.0 Å². The van der Waals surface area contributed by atoms with Gasteiger partial charge < -0.3 is 5.32 Å². The molecule has 0 spiro atoms. The minimum atomic E-state index is -0.219. The van der Waals surface area contributed by atoms with Crippen LogP contribution in [0.25, 0.3) is 0 Å². The van der Waals surface area contributed by atoms with Gasteiger partial charge in [-0.25, -0.2) is 4.39 Å². The summed E-state index contributed by atoms with van der Waals surface area (Å²) in [6, 6.07) is 13.6. The van der Waals surface area contributed by atoms with Gasteiger partial charge in [-0.1, -0.05) is 24.3 Å². The van der Waals surface area contributed by atoms with Gasteiger partial charge in [-0.15, -0.1) is 0 Å². The number of ketones is 1. The first-order valence-corrected chi connectivity index (χ1v) is 9.09. The number of Topliss-reactive ketones (excluding diaryl/α,β-unsaturated/α-hetero) is 1. The summed E-state index contributed by atoms with van der Waals surface area (Å²) in [5.41, 5.74) is 2.32. The van der Waals surface area contributed by atoms with Crippen LogP contribution in [0.5, 0.6) is 0 Å². The molecule has 1 saturated heterocycles. The zero-order valence-electron chi connectivity index (χ0n) is 15.5. The number of hydrogen-bond acceptors (Lipinski definition) is 4. The van der Waals surface area contributed by atoms with Crippen LogP contribution < -0.4 is 5.32 Å². The lowest BCUT2D eigenvalue weighted by Gasteiger charge is -2.34. The number of piperazine rings is 1. The lowest BCUT2D eigenvalue weighted by molar-refractivity contribution is -0.117. The first-order valence-electron chi connectivity index (χ1n) is 9.09. The fraction of sp³-hybridized carbons (Fsp3) is 0.333. The van der Waals surface area contributed by atoms with Crippen LogP contribution in [0, 0.1) is 5.82 Å². The van der Waals surface area contributed by atoms with E-state index in [-0.39, 0.29) is 17.5 Å². The number of rotatable bonds is 6. The topological polar surface area (TPSA) is 52.7 Å². The average molecular weight is 369 g/mol. The molecule has 0 saturated carbocycles. The van der Waals surface area contributed by atoms with Gasteiger partial charge in [0, 0.05) is 44.0 Å². The molecule has 0 unspecified atom stereocenters. The van der Waals surface area contributed by atoms with E-state index in [1.807, 2.05) is 12.1 Å². The highest BCUT2D eigenvalue weighted by Crippen LogP contribution is 2.12. The average Bonchev–Trinajstić information content (AvgIpc) is 2.65. The molecular formula is C21H24FN3O2. The molecule has 142 valence electrons. The molecule has 1 aliphatic rings. The summed E-state index contributed by atoms with van der Waals surface area (Å²) in [5.74, 6) is -0.325. The van der Waals surface area contributed by atoms with E-state index in [1.165, 1.54) is 19.1 Å². The Labute approximate surface area is 158 Å². The number of halogens is 1. The lowest BCUT2D eigenvalue weighted by Crippen LogP contribution is -2.48. The van der Waals surface area contributed by atoms with Crippen LogP contribution in [0.3, 0.4) is 0 Å². The molecule has 3 rings (SSSR count). The van der Waals surface area contributed by atoms with Crippen LogP contribution in [-0.4, -0.2) is 54.2 Å². The number of carbonyl (C=O) groups excluding carboxylic acids is 2. The van der Waals surface area contributed by atoms with E-state index >= 15 is 0 Å². The molecule has 1 aliphatic heterocycles. The van der Waals surface area contributed by atoms with Gasteiger partial charge in [0.05, 0.1) is 6.54 Å². The molecule has 2 aromatic carbocycles. The minimum Gasteiger partial charge on any atom is -0.325 e. The number of nitrogens with one attached hydrogen (secondary N) is 1. The smallest absolute Gasteiger partial charge is 0.238 e. The third-order valence-electron chi connectivity index (χ3n) is 4.70. The zero-order chi connectivity index (χ0) is 19.2. The summed E-state index contributed by atoms with van der Waals surface area (Å²) >= 11 is 0. The second-order valence-corrected chi connectivity index (χ2v) is 6.86. The highest BCUT2D eigenvalue weighted by Gasteiger charge is 2.19. The summed E-state index contributed by atoms with van der Waals surface area (Å²) in [4.78, 5) is 28.1. The SMILES string of the molecule is CC(=O)c1cccc(NC(=O)CN2CCN(Cc3ccc(F)cc3)CC2)c1. The molecule has 1 amide bonds. The Morgan fingerprint density at radius 1 is 1.00 bits per heavy atom. The van der Waals surface area contributed by atoms with Crippen molar-refractivity contribution in [1.29, 1.82) is 0 Å². The number of amides is 1. The van der Waals surface area contributed by atoms with Gasteiger partial charge in [0.15, 0.2) is 5.78 Å². The van der Waals surface area contributed by atoms with E-state index in [2.05, 4.69) is 15.1 Å². The molecule has 5 nitrogen and oxygen atoms in total. The molecule has 1 fully saturated rings. The van der Waals surface area contributed by atoms with Crippen molar-refractivity contribution in [3.05, 3.63) is 65.5 Å². The van der Waals surface area contributed by atoms with Crippen molar-refractivity contribution in [2.75, 3.05) is 38.0 Å². The van der Waals surface area contributed by atoms with Crippen LogP contribution in [0.2, 0.25) is 0 Å². The summed E-state index contributed by atoms with van der Waals surface area (Å²) in [6.45, 7) is 5.97. The Hall–Kier alpha value is -2.57. The van der Waals surface area contributed by atoms with Gasteiger partial charge in [-0.05, 0) is 36.8 Å². The molecule has 2 aromatic rings. The number of anilines is 1. The van der Waals surface area contributed by atoms with Crippen LogP contribution >= 0.6 is 0 Å². The van der Waals surface area contributed by atoms with Crippen molar-refractivity contribution in [2.45, 2.75) is 13.5 Å². The van der Waals surface area contributed by atoms with Crippen molar-refractivity contribution >= 4 is 17.4 Å². The Bertz CT molecular complexity index is 799. The predicted octanol–water partition coefficient (Wildman–Crippen LogP) is 2.78. The molecular weight excluding hydrogens is 345 g/mol. The summed E-state index contributed by atoms with van der Waals surface area (Å²) in [5, 5.41) is 2.86. The number of nitrogens with zero attached hydrogens (tertiary/aromatic N) is 2. The van der Waals surface area contributed by atoms with Crippen LogP contribution in [-0.2, 0) is 11.3 Å². The molecule has 0 radical (unpaired) electrons. The first-order chi connectivity index (χ1) is 13.0. The maximum Gasteiger partial charge on any atom is 0.238 e. The number of benzene rings is 2. The Morgan fingerprint density at radius 2 is 1.67 bits per heavy atom. The van der Waals surface area contributed by atoms with Crippen molar-refractivity contribution in [3.63, 3.8) is 0 Å². The molecule has 6 heteroatoms. The third-order valence-corrected chi connectivity index (χ3v) is 4.70. The molecule has 0 aliphatic carbocycles. The quantitative estimate of drug-likeness (QED) is 0.796. The fourth-order valence-corrected chi connectivity index (χ4v) is 3.17. The summed E-state index contributed by atoms with van der Waals surface area (Å²) in [7, 11) is 0. The normalized spacial score (nSPS) is 15.5. The maximum atomic E-state index is 13.0. The van der Waals surface area contributed by atoms with Crippen LogP contribution in [0.4, 0.5) is 10.1 Å². The predicted molar refractivity (Wildman–Crippen MR) is 103 cm³/mol. The molecule has 1 heterocycles. The summed E-state index contributed by atoms with van der Waals surface area (Å²) in [6.07, 6.45) is 0. The maximum absolute atomic E-state index is 13.0. The van der Waals surface area contributed by atoms with E-state index in [1.54, 1.807) is 24.3 Å². The molecule has 0 bridgehead atoms. The zero-order valence-corrected chi connectivity index (χ0v) is 15.5. The minimum absolute atomic E-state index is 0.0247. The van der Waals surface area contributed by atoms with Crippen molar-refractivity contribution in [3.8, 4) is 0 Å². The highest BCUT2D eigenvalue weighted by molar-refractivity contribution is 5.97. The largest absolute Gasteiger partial charge is 0.325 e. The second kappa shape index (κ2) is 8.88. The fourth-order valence-electron chi connectivity index (χ4n) is 3.17. The van der Waals surface area contributed by atoms with Crippen molar-refractivity contribution in [2.24, 2.45) is 0 Å². The Kier molecular flexibility index (Phi) is 6.32. The van der Waals surface area contributed by atoms with E-state index in [4.69, 9.17) is 0 Å². The van der Waals surface area contributed by atoms with Gasteiger partial charge >= 0.3 is 0 Å². The van der Waals surface area contributed by atoms with E-state index < -0.39 is 0 Å².